The van der Waals surface area contributed by atoms with E-state index in [9.17, 15) is 0 Å². The fourth-order valence-corrected chi connectivity index (χ4v) is 4.65. The van der Waals surface area contributed by atoms with Crippen molar-refractivity contribution in [3.63, 3.8) is 0 Å². The molecule has 1 aromatic heterocycles. The van der Waals surface area contributed by atoms with Gasteiger partial charge in [-0.05, 0) is 79.3 Å². The van der Waals surface area contributed by atoms with Gasteiger partial charge in [0, 0.05) is 6.08 Å². The summed E-state index contributed by atoms with van der Waals surface area (Å²) in [5.74, 6) is 1.31. The lowest BCUT2D eigenvalue weighted by Gasteiger charge is -2.07. The average molecular weight is 431 g/mol. The number of ether oxygens (including phenoxy) is 1. The Hall–Kier alpha value is -2.89. The highest BCUT2D eigenvalue weighted by molar-refractivity contribution is 8.03. The van der Waals surface area contributed by atoms with Crippen molar-refractivity contribution in [3.05, 3.63) is 94.9 Å². The van der Waals surface area contributed by atoms with Crippen molar-refractivity contribution in [2.75, 3.05) is 0 Å². The van der Waals surface area contributed by atoms with Crippen LogP contribution in [0, 0.1) is 20.8 Å². The number of thiazole rings is 1. The lowest BCUT2D eigenvalue weighted by Crippen LogP contribution is -2.04. The Morgan fingerprint density at radius 3 is 2.63 bits per heavy atom. The first-order valence-corrected chi connectivity index (χ1v) is 11.4. The molecule has 1 heterocycles. The van der Waals surface area contributed by atoms with E-state index < -0.39 is 0 Å². The molecule has 150 valence electrons. The number of fused-ring (bicyclic) bond motifs is 1. The molecule has 0 aliphatic rings. The van der Waals surface area contributed by atoms with E-state index in [1.165, 1.54) is 15.8 Å². The minimum atomic E-state index is 0.539. The number of hydrogen-bond acceptors (Lipinski definition) is 5. The van der Waals surface area contributed by atoms with Gasteiger partial charge < -0.3 is 4.74 Å². The molecule has 0 saturated carbocycles. The van der Waals surface area contributed by atoms with Gasteiger partial charge in [0.2, 0.25) is 5.90 Å². The molecule has 0 aliphatic heterocycles. The van der Waals surface area contributed by atoms with Crippen molar-refractivity contribution in [1.82, 2.24) is 4.98 Å². The van der Waals surface area contributed by atoms with Crippen molar-refractivity contribution in [1.29, 1.82) is 0 Å². The summed E-state index contributed by atoms with van der Waals surface area (Å²) in [5.41, 5.74) is 5.50. The van der Waals surface area contributed by atoms with Crippen LogP contribution >= 0.6 is 23.1 Å². The topological polar surface area (TPSA) is 34.5 Å². The summed E-state index contributed by atoms with van der Waals surface area (Å²) < 4.78 is 8.28. The summed E-state index contributed by atoms with van der Waals surface area (Å²) in [7, 11) is 0. The van der Waals surface area contributed by atoms with Crippen LogP contribution in [0.15, 0.2) is 87.5 Å². The van der Waals surface area contributed by atoms with Gasteiger partial charge in [-0.15, -0.1) is 11.3 Å². The predicted molar refractivity (Wildman–Crippen MR) is 129 cm³/mol. The number of thioether (sulfide) groups is 1. The molecule has 0 N–H and O–H groups in total. The first-order valence-electron chi connectivity index (χ1n) is 9.66. The Kier molecular flexibility index (Phi) is 6.31. The quantitative estimate of drug-likeness (QED) is 0.185. The summed E-state index contributed by atoms with van der Waals surface area (Å²) in [6.45, 7) is 6.24. The van der Waals surface area contributed by atoms with Crippen LogP contribution in [-0.2, 0) is 0 Å². The molecule has 0 unspecified atom stereocenters. The fraction of sp³-hybridized carbons (Fsp3) is 0.120. The summed E-state index contributed by atoms with van der Waals surface area (Å²) in [6.07, 6.45) is 1.90. The Morgan fingerprint density at radius 1 is 0.967 bits per heavy atom. The third-order valence-corrected chi connectivity index (χ3v) is 6.53. The third-order valence-electron chi connectivity index (χ3n) is 4.60. The SMILES string of the molecule is Cc1cccc(OC(C=CSc2nc3ccccc3s2)=Nc2ccc(C)c(C)c2)c1. The number of aryl methyl sites for hydroxylation is 3. The van der Waals surface area contributed by atoms with E-state index in [0.717, 1.165) is 26.9 Å². The Labute approximate surface area is 185 Å². The molecule has 3 nitrogen and oxygen atoms in total. The standard InChI is InChI=1S/C25H22N2OS2/c1-17-7-6-8-21(15-17)28-24(26-20-12-11-18(2)19(3)16-20)13-14-29-25-27-22-9-4-5-10-23(22)30-25/h4-16H,1-3H3. The van der Waals surface area contributed by atoms with E-state index in [-0.39, 0.29) is 0 Å². The number of aromatic nitrogens is 1. The van der Waals surface area contributed by atoms with E-state index in [1.54, 1.807) is 23.1 Å². The van der Waals surface area contributed by atoms with Gasteiger partial charge in [-0.2, -0.15) is 0 Å². The smallest absolute Gasteiger partial charge is 0.220 e. The van der Waals surface area contributed by atoms with E-state index >= 15 is 0 Å². The molecule has 5 heteroatoms. The number of benzene rings is 3. The van der Waals surface area contributed by atoms with E-state index in [0.29, 0.717) is 5.90 Å². The summed E-state index contributed by atoms with van der Waals surface area (Å²) >= 11 is 3.25. The highest BCUT2D eigenvalue weighted by Gasteiger charge is 2.05. The molecule has 0 saturated heterocycles. The van der Waals surface area contributed by atoms with Crippen LogP contribution in [0.2, 0.25) is 0 Å². The summed E-state index contributed by atoms with van der Waals surface area (Å²) in [4.78, 5) is 9.40. The number of hydrogen-bond donors (Lipinski definition) is 0. The molecule has 0 radical (unpaired) electrons. The maximum Gasteiger partial charge on any atom is 0.220 e. The van der Waals surface area contributed by atoms with Crippen molar-refractivity contribution in [3.8, 4) is 5.75 Å². The molecule has 3 aromatic carbocycles. The molecule has 0 bridgehead atoms. The van der Waals surface area contributed by atoms with Gasteiger partial charge in [0.1, 0.15) is 5.75 Å². The van der Waals surface area contributed by atoms with Gasteiger partial charge in [0.25, 0.3) is 0 Å². The fourth-order valence-electron chi connectivity index (χ4n) is 2.87. The number of para-hydroxylation sites is 1. The molecular formula is C25H22N2OS2. The second-order valence-corrected chi connectivity index (χ2v) is 9.19. The minimum absolute atomic E-state index is 0.539. The van der Waals surface area contributed by atoms with Gasteiger partial charge >= 0.3 is 0 Å². The van der Waals surface area contributed by atoms with Gasteiger partial charge in [-0.1, -0.05) is 42.1 Å². The Balaban J connectivity index is 1.59. The zero-order valence-corrected chi connectivity index (χ0v) is 18.8. The van der Waals surface area contributed by atoms with Crippen LogP contribution in [0.25, 0.3) is 10.2 Å². The van der Waals surface area contributed by atoms with Crippen LogP contribution in [-0.4, -0.2) is 10.9 Å². The molecule has 0 aliphatic carbocycles. The van der Waals surface area contributed by atoms with Crippen molar-refractivity contribution < 1.29 is 4.74 Å². The molecule has 0 amide bonds. The van der Waals surface area contributed by atoms with Crippen LogP contribution in [0.1, 0.15) is 16.7 Å². The first-order chi connectivity index (χ1) is 14.6. The molecular weight excluding hydrogens is 408 g/mol. The zero-order chi connectivity index (χ0) is 20.9. The zero-order valence-electron chi connectivity index (χ0n) is 17.1. The van der Waals surface area contributed by atoms with Crippen LogP contribution in [0.5, 0.6) is 5.75 Å². The number of nitrogens with zero attached hydrogens (tertiary/aromatic N) is 2. The highest BCUT2D eigenvalue weighted by atomic mass is 32.2. The maximum atomic E-state index is 6.10. The molecule has 30 heavy (non-hydrogen) atoms. The van der Waals surface area contributed by atoms with Crippen LogP contribution in [0.4, 0.5) is 5.69 Å². The molecule has 0 fully saturated rings. The van der Waals surface area contributed by atoms with Crippen molar-refractivity contribution in [2.45, 2.75) is 25.1 Å². The monoisotopic (exact) mass is 430 g/mol. The van der Waals surface area contributed by atoms with Crippen molar-refractivity contribution >= 4 is 44.9 Å². The van der Waals surface area contributed by atoms with Gasteiger partial charge in [-0.3, -0.25) is 0 Å². The number of aliphatic imine (C=N–C) groups is 1. The Morgan fingerprint density at radius 2 is 1.83 bits per heavy atom. The molecule has 4 aromatic rings. The van der Waals surface area contributed by atoms with Gasteiger partial charge in [0.05, 0.1) is 15.9 Å². The van der Waals surface area contributed by atoms with Crippen LogP contribution < -0.4 is 4.74 Å². The maximum absolute atomic E-state index is 6.10. The Bertz CT molecular complexity index is 1210. The lowest BCUT2D eigenvalue weighted by molar-refractivity contribution is 0.555. The van der Waals surface area contributed by atoms with Crippen molar-refractivity contribution in [2.24, 2.45) is 4.99 Å². The predicted octanol–water partition coefficient (Wildman–Crippen LogP) is 7.64. The second-order valence-electron chi connectivity index (χ2n) is 7.01. The van der Waals surface area contributed by atoms with Gasteiger partial charge in [-0.25, -0.2) is 9.98 Å². The normalized spacial score (nSPS) is 12.0. The van der Waals surface area contributed by atoms with E-state index in [2.05, 4.69) is 37.0 Å². The molecule has 4 rings (SSSR count). The minimum Gasteiger partial charge on any atom is -0.439 e. The van der Waals surface area contributed by atoms with Gasteiger partial charge in [0.15, 0.2) is 4.34 Å². The third kappa shape index (κ3) is 5.17. The molecule has 0 atom stereocenters. The average Bonchev–Trinajstić information content (AvgIpc) is 3.13. The summed E-state index contributed by atoms with van der Waals surface area (Å²) in [5, 5.41) is 1.98. The highest BCUT2D eigenvalue weighted by Crippen LogP contribution is 2.30. The van der Waals surface area contributed by atoms with E-state index in [1.807, 2.05) is 66.9 Å². The van der Waals surface area contributed by atoms with Crippen LogP contribution in [0.3, 0.4) is 0 Å². The number of rotatable bonds is 5. The summed E-state index contributed by atoms with van der Waals surface area (Å²) in [6, 6.07) is 22.3. The largest absolute Gasteiger partial charge is 0.439 e. The second kappa shape index (κ2) is 9.28. The molecule has 0 spiro atoms. The lowest BCUT2D eigenvalue weighted by atomic mass is 10.1. The van der Waals surface area contributed by atoms with E-state index in [4.69, 9.17) is 9.73 Å². The first kappa shape index (κ1) is 20.4.